The summed E-state index contributed by atoms with van der Waals surface area (Å²) in [5.41, 5.74) is 6.43. The normalized spacial score (nSPS) is 13.3. The van der Waals surface area contributed by atoms with Crippen LogP contribution in [-0.4, -0.2) is 20.1 Å². The summed E-state index contributed by atoms with van der Waals surface area (Å²) in [5.74, 6) is 0.876. The van der Waals surface area contributed by atoms with E-state index in [0.717, 1.165) is 15.9 Å². The largest absolute Gasteiger partial charge is 0.325 e. The molecule has 2 aromatic heterocycles. The lowest BCUT2D eigenvalue weighted by Gasteiger charge is -2.36. The van der Waals surface area contributed by atoms with Crippen molar-refractivity contribution in [1.82, 2.24) is 14.6 Å². The number of rotatable bonds is 2. The second-order valence-corrected chi connectivity index (χ2v) is 6.36. The number of fused-ring (bicyclic) bond motifs is 1. The van der Waals surface area contributed by atoms with Crippen molar-refractivity contribution in [2.24, 2.45) is 5.73 Å². The molecule has 0 aliphatic carbocycles. The van der Waals surface area contributed by atoms with Crippen molar-refractivity contribution in [2.75, 3.05) is 0 Å². The van der Waals surface area contributed by atoms with Crippen LogP contribution in [0.1, 0.15) is 33.5 Å². The summed E-state index contributed by atoms with van der Waals surface area (Å²) in [4.78, 5) is 0. The van der Waals surface area contributed by atoms with Crippen LogP contribution in [0.2, 0.25) is 0 Å². The maximum Gasteiger partial charge on any atom is 0.160 e. The van der Waals surface area contributed by atoms with E-state index in [4.69, 9.17) is 5.73 Å². The minimum absolute atomic E-state index is 0.271. The topological polar surface area (TPSA) is 56.2 Å². The zero-order chi connectivity index (χ0) is 12.8. The molecule has 2 heterocycles. The van der Waals surface area contributed by atoms with E-state index in [1.807, 2.05) is 36.6 Å². The van der Waals surface area contributed by atoms with Gasteiger partial charge in [0.25, 0.3) is 0 Å². The second-order valence-electron chi connectivity index (χ2n) is 5.45. The molecule has 4 nitrogen and oxygen atoms in total. The van der Waals surface area contributed by atoms with E-state index in [-0.39, 0.29) is 11.0 Å². The molecule has 0 saturated heterocycles. The number of pyridine rings is 1. The van der Waals surface area contributed by atoms with Crippen molar-refractivity contribution in [3.05, 3.63) is 28.6 Å². The molecule has 5 heteroatoms. The first kappa shape index (κ1) is 12.5. The first-order chi connectivity index (χ1) is 7.73. The predicted molar refractivity (Wildman–Crippen MR) is 72.0 cm³/mol. The van der Waals surface area contributed by atoms with E-state index in [1.165, 1.54) is 0 Å². The number of nitrogens with zero attached hydrogens (tertiary/aromatic N) is 3. The van der Waals surface area contributed by atoms with Gasteiger partial charge in [-0.1, -0.05) is 13.8 Å². The van der Waals surface area contributed by atoms with Gasteiger partial charge in [0, 0.05) is 21.6 Å². The molecule has 2 N–H and O–H groups in total. The summed E-state index contributed by atoms with van der Waals surface area (Å²) in [6.07, 6.45) is 1.97. The first-order valence-corrected chi connectivity index (χ1v) is 6.32. The molecule has 0 radical (unpaired) electrons. The third kappa shape index (κ3) is 1.98. The van der Waals surface area contributed by atoms with Crippen LogP contribution in [0.15, 0.2) is 22.8 Å². The fourth-order valence-corrected chi connectivity index (χ4v) is 1.92. The second kappa shape index (κ2) is 3.78. The van der Waals surface area contributed by atoms with Crippen molar-refractivity contribution in [2.45, 2.75) is 38.6 Å². The maximum absolute atomic E-state index is 6.24. The van der Waals surface area contributed by atoms with E-state index >= 15 is 0 Å². The Morgan fingerprint density at radius 2 is 1.82 bits per heavy atom. The van der Waals surface area contributed by atoms with Gasteiger partial charge < -0.3 is 5.73 Å². The summed E-state index contributed by atoms with van der Waals surface area (Å²) >= 11 is 3.46. The lowest BCUT2D eigenvalue weighted by Crippen LogP contribution is -2.51. The van der Waals surface area contributed by atoms with E-state index in [0.29, 0.717) is 0 Å². The average molecular weight is 297 g/mol. The summed E-state index contributed by atoms with van der Waals surface area (Å²) < 4.78 is 2.98. The van der Waals surface area contributed by atoms with Gasteiger partial charge >= 0.3 is 0 Å². The van der Waals surface area contributed by atoms with Gasteiger partial charge in [-0.2, -0.15) is 0 Å². The highest BCUT2D eigenvalue weighted by molar-refractivity contribution is 9.10. The van der Waals surface area contributed by atoms with Gasteiger partial charge in [0.05, 0.1) is 0 Å². The molecule has 17 heavy (non-hydrogen) atoms. The van der Waals surface area contributed by atoms with Gasteiger partial charge in [-0.25, -0.2) is 0 Å². The van der Waals surface area contributed by atoms with Crippen molar-refractivity contribution in [3.63, 3.8) is 0 Å². The minimum atomic E-state index is -0.377. The van der Waals surface area contributed by atoms with Crippen LogP contribution >= 0.6 is 15.9 Å². The molecule has 0 saturated carbocycles. The van der Waals surface area contributed by atoms with Gasteiger partial charge in [-0.15, -0.1) is 10.2 Å². The molecule has 0 spiro atoms. The highest BCUT2D eigenvalue weighted by atomic mass is 79.9. The number of aromatic nitrogens is 3. The van der Waals surface area contributed by atoms with Crippen LogP contribution in [0.25, 0.3) is 5.65 Å². The van der Waals surface area contributed by atoms with Crippen molar-refractivity contribution in [3.8, 4) is 0 Å². The maximum atomic E-state index is 6.24. The van der Waals surface area contributed by atoms with Crippen molar-refractivity contribution < 1.29 is 0 Å². The standard InChI is InChI=1S/C12H17BrN4/c1-11(2,12(3,4)14)10-16-15-9-6-5-8(13)7-17(9)10/h5-7H,14H2,1-4H3. The SMILES string of the molecule is CC(C)(N)C(C)(C)c1nnc2ccc(Br)cn12. The monoisotopic (exact) mass is 296 g/mol. The Morgan fingerprint density at radius 3 is 2.41 bits per heavy atom. The Hall–Kier alpha value is -0.940. The summed E-state index contributed by atoms with van der Waals surface area (Å²) in [5, 5.41) is 8.46. The summed E-state index contributed by atoms with van der Waals surface area (Å²) in [6.45, 7) is 8.19. The molecular weight excluding hydrogens is 280 g/mol. The highest BCUT2D eigenvalue weighted by Crippen LogP contribution is 2.32. The Balaban J connectivity index is 2.68. The number of hydrogen-bond donors (Lipinski definition) is 1. The van der Waals surface area contributed by atoms with E-state index < -0.39 is 0 Å². The fraction of sp³-hybridized carbons (Fsp3) is 0.500. The molecule has 0 atom stereocenters. The minimum Gasteiger partial charge on any atom is -0.325 e. The van der Waals surface area contributed by atoms with E-state index in [9.17, 15) is 0 Å². The van der Waals surface area contributed by atoms with E-state index in [1.54, 1.807) is 0 Å². The highest BCUT2D eigenvalue weighted by Gasteiger charge is 2.39. The molecule has 0 fully saturated rings. The number of nitrogens with two attached hydrogens (primary N) is 1. The smallest absolute Gasteiger partial charge is 0.160 e. The zero-order valence-corrected chi connectivity index (χ0v) is 12.1. The Labute approximate surface area is 109 Å². The van der Waals surface area contributed by atoms with E-state index in [2.05, 4.69) is 40.0 Å². The third-order valence-electron chi connectivity index (χ3n) is 3.54. The quantitative estimate of drug-likeness (QED) is 0.926. The van der Waals surface area contributed by atoms with Crippen LogP contribution in [0.4, 0.5) is 0 Å². The van der Waals surface area contributed by atoms with Crippen LogP contribution in [0.3, 0.4) is 0 Å². The van der Waals surface area contributed by atoms with Crippen molar-refractivity contribution >= 4 is 21.6 Å². The molecule has 0 amide bonds. The summed E-state index contributed by atoms with van der Waals surface area (Å²) in [6, 6.07) is 3.88. The average Bonchev–Trinajstić information content (AvgIpc) is 2.58. The zero-order valence-electron chi connectivity index (χ0n) is 10.5. The molecule has 0 aliphatic rings. The van der Waals surface area contributed by atoms with Gasteiger partial charge in [0.2, 0.25) is 0 Å². The third-order valence-corrected chi connectivity index (χ3v) is 4.01. The molecule has 92 valence electrons. The lowest BCUT2D eigenvalue weighted by molar-refractivity contribution is 0.289. The molecule has 0 aromatic carbocycles. The Morgan fingerprint density at radius 1 is 1.18 bits per heavy atom. The predicted octanol–water partition coefficient (Wildman–Crippen LogP) is 2.51. The Kier molecular flexibility index (Phi) is 2.78. The van der Waals surface area contributed by atoms with Crippen LogP contribution in [-0.2, 0) is 5.41 Å². The van der Waals surface area contributed by atoms with Gasteiger partial charge in [0.1, 0.15) is 5.82 Å². The molecule has 2 aromatic rings. The Bertz CT molecular complexity index is 551. The fourth-order valence-electron chi connectivity index (χ4n) is 1.58. The van der Waals surface area contributed by atoms with Gasteiger partial charge in [-0.05, 0) is 41.9 Å². The van der Waals surface area contributed by atoms with Crippen LogP contribution < -0.4 is 5.73 Å². The van der Waals surface area contributed by atoms with Crippen LogP contribution in [0.5, 0.6) is 0 Å². The lowest BCUT2D eigenvalue weighted by atomic mass is 9.74. The van der Waals surface area contributed by atoms with Gasteiger partial charge in [-0.3, -0.25) is 4.40 Å². The molecule has 0 bridgehead atoms. The first-order valence-electron chi connectivity index (χ1n) is 5.53. The summed E-state index contributed by atoms with van der Waals surface area (Å²) in [7, 11) is 0. The molecule has 2 rings (SSSR count). The number of hydrogen-bond acceptors (Lipinski definition) is 3. The number of halogens is 1. The van der Waals surface area contributed by atoms with Crippen molar-refractivity contribution in [1.29, 1.82) is 0 Å². The molecular formula is C12H17BrN4. The van der Waals surface area contributed by atoms with Gasteiger partial charge in [0.15, 0.2) is 5.65 Å². The molecule has 0 unspecified atom stereocenters. The van der Waals surface area contributed by atoms with Crippen LogP contribution in [0, 0.1) is 0 Å². The molecule has 0 aliphatic heterocycles.